The highest BCUT2D eigenvalue weighted by atomic mass is 35.5. The van der Waals surface area contributed by atoms with Crippen LogP contribution in [0.1, 0.15) is 12.8 Å². The van der Waals surface area contributed by atoms with Crippen LogP contribution >= 0.6 is 11.6 Å². The van der Waals surface area contributed by atoms with Crippen molar-refractivity contribution in [2.75, 3.05) is 18.1 Å². The van der Waals surface area contributed by atoms with E-state index in [0.29, 0.717) is 36.2 Å². The fourth-order valence-electron chi connectivity index (χ4n) is 3.30. The Labute approximate surface area is 167 Å². The number of benzene rings is 2. The molecule has 0 aromatic heterocycles. The van der Waals surface area contributed by atoms with Gasteiger partial charge in [0.05, 0.1) is 15.6 Å². The molecule has 148 valence electrons. The van der Waals surface area contributed by atoms with Crippen LogP contribution in [0.3, 0.4) is 0 Å². The third kappa shape index (κ3) is 4.13. The molecule has 2 aromatic rings. The van der Waals surface area contributed by atoms with Crippen molar-refractivity contribution in [3.8, 4) is 11.1 Å². The van der Waals surface area contributed by atoms with Crippen molar-refractivity contribution in [3.05, 3.63) is 47.5 Å². The van der Waals surface area contributed by atoms with Gasteiger partial charge in [0.1, 0.15) is 6.04 Å². The number of likely N-dealkylation sites (tertiary alicyclic amines) is 1. The molecule has 3 rings (SSSR count). The summed E-state index contributed by atoms with van der Waals surface area (Å²) in [5.41, 5.74) is 1.44. The van der Waals surface area contributed by atoms with E-state index in [1.165, 1.54) is 6.07 Å². The van der Waals surface area contributed by atoms with Gasteiger partial charge in [-0.05, 0) is 36.6 Å². The molecule has 1 fully saturated rings. The van der Waals surface area contributed by atoms with E-state index in [4.69, 9.17) is 11.6 Å². The van der Waals surface area contributed by atoms with Gasteiger partial charge in [0.2, 0.25) is 5.91 Å². The van der Waals surface area contributed by atoms with Crippen LogP contribution in [-0.2, 0) is 14.6 Å². The highest BCUT2D eigenvalue weighted by Gasteiger charge is 2.34. The molecule has 2 aromatic carbocycles. The predicted molar refractivity (Wildman–Crippen MR) is 106 cm³/mol. The topological polar surface area (TPSA) is 104 Å². The first-order chi connectivity index (χ1) is 13.2. The van der Waals surface area contributed by atoms with Crippen LogP contribution in [0.4, 0.5) is 10.5 Å². The van der Waals surface area contributed by atoms with Crippen LogP contribution in [0.2, 0.25) is 5.02 Å². The van der Waals surface area contributed by atoms with Crippen molar-refractivity contribution in [1.82, 2.24) is 4.90 Å². The Balaban J connectivity index is 1.86. The normalized spacial score (nSPS) is 16.8. The first kappa shape index (κ1) is 20.2. The van der Waals surface area contributed by atoms with Crippen LogP contribution in [0.25, 0.3) is 11.1 Å². The molecule has 0 aliphatic carbocycles. The quantitative estimate of drug-likeness (QED) is 0.784. The van der Waals surface area contributed by atoms with Crippen LogP contribution in [-0.4, -0.2) is 49.3 Å². The lowest BCUT2D eigenvalue weighted by Gasteiger charge is -2.21. The Morgan fingerprint density at radius 2 is 1.93 bits per heavy atom. The number of carboxylic acid groups (broad SMARTS) is 1. The second kappa shape index (κ2) is 7.81. The van der Waals surface area contributed by atoms with Gasteiger partial charge < -0.3 is 10.4 Å². The summed E-state index contributed by atoms with van der Waals surface area (Å²) >= 11 is 6.30. The Bertz CT molecular complexity index is 1040. The van der Waals surface area contributed by atoms with E-state index in [2.05, 4.69) is 5.32 Å². The summed E-state index contributed by atoms with van der Waals surface area (Å²) in [5, 5.41) is 12.1. The molecule has 9 heteroatoms. The lowest BCUT2D eigenvalue weighted by molar-refractivity contribution is -0.119. The number of rotatable bonds is 4. The number of hydrogen-bond donors (Lipinski definition) is 2. The van der Waals surface area contributed by atoms with Gasteiger partial charge in [-0.2, -0.15) is 0 Å². The number of anilines is 1. The maximum Gasteiger partial charge on any atom is 0.407 e. The fourth-order valence-corrected chi connectivity index (χ4v) is 4.44. The lowest BCUT2D eigenvalue weighted by Crippen LogP contribution is -2.42. The standard InChI is InChI=1S/C19H19ClN2O5S/c1-28(26,27)17-7-3-2-5-13(17)12-8-9-15(14(20)11-12)21-18(23)16-6-4-10-22(16)19(24)25/h2-3,5,7-9,11,16H,4,6,10H2,1H3,(H,21,23)(H,24,25). The number of carbonyl (C=O) groups excluding carboxylic acids is 1. The Morgan fingerprint density at radius 1 is 1.21 bits per heavy atom. The largest absolute Gasteiger partial charge is 0.465 e. The third-order valence-corrected chi connectivity index (χ3v) is 6.09. The summed E-state index contributed by atoms with van der Waals surface area (Å²) in [7, 11) is -3.42. The summed E-state index contributed by atoms with van der Waals surface area (Å²) in [5.74, 6) is -0.439. The molecular weight excluding hydrogens is 404 g/mol. The van der Waals surface area contributed by atoms with E-state index in [1.807, 2.05) is 0 Å². The number of amides is 2. The minimum absolute atomic E-state index is 0.186. The van der Waals surface area contributed by atoms with Gasteiger partial charge in [0, 0.05) is 18.4 Å². The number of nitrogens with one attached hydrogen (secondary N) is 1. The fraction of sp³-hybridized carbons (Fsp3) is 0.263. The second-order valence-electron chi connectivity index (χ2n) is 6.59. The van der Waals surface area contributed by atoms with Crippen LogP contribution in [0.5, 0.6) is 0 Å². The summed E-state index contributed by atoms with van der Waals surface area (Å²) in [6.07, 6.45) is 1.09. The molecule has 1 aliphatic heterocycles. The van der Waals surface area contributed by atoms with E-state index in [9.17, 15) is 23.1 Å². The monoisotopic (exact) mass is 422 g/mol. The molecule has 0 radical (unpaired) electrons. The first-order valence-electron chi connectivity index (χ1n) is 8.58. The molecular formula is C19H19ClN2O5S. The van der Waals surface area contributed by atoms with Crippen LogP contribution in [0.15, 0.2) is 47.4 Å². The van der Waals surface area contributed by atoms with Crippen molar-refractivity contribution in [1.29, 1.82) is 0 Å². The van der Waals surface area contributed by atoms with E-state index in [1.54, 1.807) is 36.4 Å². The number of sulfone groups is 1. The molecule has 7 nitrogen and oxygen atoms in total. The van der Waals surface area contributed by atoms with E-state index in [0.717, 1.165) is 11.2 Å². The minimum Gasteiger partial charge on any atom is -0.465 e. The number of halogens is 1. The summed E-state index contributed by atoms with van der Waals surface area (Å²) in [6.45, 7) is 0.322. The lowest BCUT2D eigenvalue weighted by atomic mass is 10.1. The molecule has 1 aliphatic rings. The average molecular weight is 423 g/mol. The molecule has 1 atom stereocenters. The van der Waals surface area contributed by atoms with Crippen molar-refractivity contribution in [2.45, 2.75) is 23.8 Å². The maximum absolute atomic E-state index is 12.5. The number of carbonyl (C=O) groups is 2. The van der Waals surface area contributed by atoms with Crippen molar-refractivity contribution in [2.24, 2.45) is 0 Å². The van der Waals surface area contributed by atoms with Gasteiger partial charge >= 0.3 is 6.09 Å². The van der Waals surface area contributed by atoms with Crippen molar-refractivity contribution in [3.63, 3.8) is 0 Å². The SMILES string of the molecule is CS(=O)(=O)c1ccccc1-c1ccc(NC(=O)C2CCCN2C(=O)O)c(Cl)c1. The summed E-state index contributed by atoms with van der Waals surface area (Å²) in [4.78, 5) is 25.0. The summed E-state index contributed by atoms with van der Waals surface area (Å²) < 4.78 is 24.0. The molecule has 0 spiro atoms. The first-order valence-corrected chi connectivity index (χ1v) is 10.8. The zero-order valence-electron chi connectivity index (χ0n) is 15.1. The average Bonchev–Trinajstić information content (AvgIpc) is 3.13. The van der Waals surface area contributed by atoms with Crippen molar-refractivity contribution < 1.29 is 23.1 Å². The van der Waals surface area contributed by atoms with Gasteiger partial charge in [-0.3, -0.25) is 9.69 Å². The molecule has 0 bridgehead atoms. The van der Waals surface area contributed by atoms with Crippen LogP contribution < -0.4 is 5.32 Å². The van der Waals surface area contributed by atoms with Gasteiger partial charge in [-0.15, -0.1) is 0 Å². The Hall–Kier alpha value is -2.58. The van der Waals surface area contributed by atoms with Crippen molar-refractivity contribution >= 4 is 39.1 Å². The zero-order chi connectivity index (χ0) is 20.5. The van der Waals surface area contributed by atoms with Gasteiger partial charge in [-0.25, -0.2) is 13.2 Å². The van der Waals surface area contributed by atoms with E-state index in [-0.39, 0.29) is 9.92 Å². The molecule has 1 saturated heterocycles. The molecule has 1 heterocycles. The highest BCUT2D eigenvalue weighted by Crippen LogP contribution is 2.33. The zero-order valence-corrected chi connectivity index (χ0v) is 16.6. The van der Waals surface area contributed by atoms with E-state index < -0.39 is 27.9 Å². The van der Waals surface area contributed by atoms with E-state index >= 15 is 0 Å². The Morgan fingerprint density at radius 3 is 2.57 bits per heavy atom. The maximum atomic E-state index is 12.5. The molecule has 28 heavy (non-hydrogen) atoms. The van der Waals surface area contributed by atoms with Gasteiger partial charge in [0.25, 0.3) is 0 Å². The second-order valence-corrected chi connectivity index (χ2v) is 8.98. The predicted octanol–water partition coefficient (Wildman–Crippen LogP) is 3.49. The smallest absolute Gasteiger partial charge is 0.407 e. The third-order valence-electron chi connectivity index (χ3n) is 4.63. The van der Waals surface area contributed by atoms with Crippen LogP contribution in [0, 0.1) is 0 Å². The highest BCUT2D eigenvalue weighted by molar-refractivity contribution is 7.90. The molecule has 0 saturated carbocycles. The number of hydrogen-bond acceptors (Lipinski definition) is 4. The molecule has 1 unspecified atom stereocenters. The summed E-state index contributed by atoms with van der Waals surface area (Å²) in [6, 6.07) is 10.6. The molecule has 2 N–H and O–H groups in total. The Kier molecular flexibility index (Phi) is 5.62. The molecule has 2 amide bonds. The van der Waals surface area contributed by atoms with Gasteiger partial charge in [0.15, 0.2) is 9.84 Å². The number of nitrogens with zero attached hydrogens (tertiary/aromatic N) is 1. The van der Waals surface area contributed by atoms with Gasteiger partial charge in [-0.1, -0.05) is 35.9 Å². The minimum atomic E-state index is -3.42.